The zero-order valence-electron chi connectivity index (χ0n) is 10.0. The first kappa shape index (κ1) is 12.8. The molecular formula is C15H12O4. The molecule has 2 aromatic carbocycles. The third-order valence-electron chi connectivity index (χ3n) is 2.64. The largest absolute Gasteiger partial charge is 0.508 e. The topological polar surface area (TPSA) is 74.6 Å². The molecule has 0 fully saturated rings. The monoisotopic (exact) mass is 256 g/mol. The van der Waals surface area contributed by atoms with Crippen LogP contribution >= 0.6 is 0 Å². The van der Waals surface area contributed by atoms with E-state index in [4.69, 9.17) is 0 Å². The first-order valence-electron chi connectivity index (χ1n) is 5.71. The normalized spacial score (nSPS) is 10.1. The van der Waals surface area contributed by atoms with Crippen LogP contribution in [0.5, 0.6) is 11.5 Å². The van der Waals surface area contributed by atoms with Crippen LogP contribution in [-0.2, 0) is 0 Å². The molecule has 4 nitrogen and oxygen atoms in total. The van der Waals surface area contributed by atoms with E-state index in [0.717, 1.165) is 6.07 Å². The van der Waals surface area contributed by atoms with Crippen molar-refractivity contribution in [2.45, 2.75) is 6.42 Å². The minimum atomic E-state index is -0.444. The predicted molar refractivity (Wildman–Crippen MR) is 69.5 cm³/mol. The second kappa shape index (κ2) is 5.35. The maximum atomic E-state index is 11.9. The van der Waals surface area contributed by atoms with Gasteiger partial charge in [0.15, 0.2) is 11.6 Å². The Hall–Kier alpha value is -2.62. The number of phenols is 2. The number of hydrogen-bond donors (Lipinski definition) is 2. The Morgan fingerprint density at radius 1 is 0.789 bits per heavy atom. The van der Waals surface area contributed by atoms with Crippen molar-refractivity contribution < 1.29 is 19.8 Å². The van der Waals surface area contributed by atoms with Crippen LogP contribution in [0.15, 0.2) is 48.5 Å². The number of hydrogen-bond acceptors (Lipinski definition) is 4. The molecule has 0 saturated heterocycles. The van der Waals surface area contributed by atoms with Gasteiger partial charge in [-0.05, 0) is 12.1 Å². The molecule has 2 N–H and O–H groups in total. The minimum Gasteiger partial charge on any atom is -0.508 e. The molecule has 0 bridgehead atoms. The van der Waals surface area contributed by atoms with E-state index in [-0.39, 0.29) is 29.3 Å². The second-order valence-corrected chi connectivity index (χ2v) is 4.13. The van der Waals surface area contributed by atoms with E-state index in [9.17, 15) is 19.8 Å². The van der Waals surface area contributed by atoms with Gasteiger partial charge in [0, 0.05) is 17.2 Å². The first-order valence-corrected chi connectivity index (χ1v) is 5.71. The summed E-state index contributed by atoms with van der Waals surface area (Å²) in [4.78, 5) is 23.7. The summed E-state index contributed by atoms with van der Waals surface area (Å²) in [6.07, 6.45) is -0.299. The smallest absolute Gasteiger partial charge is 0.170 e. The summed E-state index contributed by atoms with van der Waals surface area (Å²) in [6.45, 7) is 0. The highest BCUT2D eigenvalue weighted by atomic mass is 16.3. The van der Waals surface area contributed by atoms with Crippen LogP contribution in [0.3, 0.4) is 0 Å². The SMILES string of the molecule is O=C(CC(=O)c1cc(O)cc(O)c1)c1ccccc1. The second-order valence-electron chi connectivity index (χ2n) is 4.13. The lowest BCUT2D eigenvalue weighted by Crippen LogP contribution is -2.08. The van der Waals surface area contributed by atoms with Crippen molar-refractivity contribution in [1.82, 2.24) is 0 Å². The summed E-state index contributed by atoms with van der Waals surface area (Å²) in [5, 5.41) is 18.6. The fraction of sp³-hybridized carbons (Fsp3) is 0.0667. The molecule has 4 heteroatoms. The average Bonchev–Trinajstić information content (AvgIpc) is 2.38. The third kappa shape index (κ3) is 3.19. The summed E-state index contributed by atoms with van der Waals surface area (Å²) in [7, 11) is 0. The van der Waals surface area contributed by atoms with Crippen LogP contribution in [0.4, 0.5) is 0 Å². The number of carbonyl (C=O) groups excluding carboxylic acids is 2. The fourth-order valence-corrected chi connectivity index (χ4v) is 1.73. The van der Waals surface area contributed by atoms with Crippen LogP contribution in [0.2, 0.25) is 0 Å². The molecule has 0 aliphatic rings. The molecule has 96 valence electrons. The van der Waals surface area contributed by atoms with Gasteiger partial charge in [-0.25, -0.2) is 0 Å². The molecule has 0 aromatic heterocycles. The summed E-state index contributed by atoms with van der Waals surface area (Å²) in [5.41, 5.74) is 0.571. The maximum Gasteiger partial charge on any atom is 0.170 e. The van der Waals surface area contributed by atoms with Crippen molar-refractivity contribution >= 4 is 11.6 Å². The van der Waals surface area contributed by atoms with Gasteiger partial charge in [0.2, 0.25) is 0 Å². The molecule has 0 radical (unpaired) electrons. The summed E-state index contributed by atoms with van der Waals surface area (Å²) >= 11 is 0. The summed E-state index contributed by atoms with van der Waals surface area (Å²) < 4.78 is 0. The van der Waals surface area contributed by atoms with Crippen molar-refractivity contribution in [1.29, 1.82) is 0 Å². The average molecular weight is 256 g/mol. The van der Waals surface area contributed by atoms with Gasteiger partial charge < -0.3 is 10.2 Å². The van der Waals surface area contributed by atoms with E-state index in [2.05, 4.69) is 0 Å². The Kier molecular flexibility index (Phi) is 3.61. The fourth-order valence-electron chi connectivity index (χ4n) is 1.73. The van der Waals surface area contributed by atoms with Gasteiger partial charge in [0.05, 0.1) is 6.42 Å². The summed E-state index contributed by atoms with van der Waals surface area (Å²) in [5.74, 6) is -1.17. The van der Waals surface area contributed by atoms with Crippen LogP contribution < -0.4 is 0 Å². The highest BCUT2D eigenvalue weighted by molar-refractivity contribution is 6.13. The first-order chi connectivity index (χ1) is 9.06. The van der Waals surface area contributed by atoms with Gasteiger partial charge >= 0.3 is 0 Å². The Morgan fingerprint density at radius 2 is 1.32 bits per heavy atom. The molecule has 0 heterocycles. The molecule has 0 saturated carbocycles. The molecule has 0 unspecified atom stereocenters. The van der Waals surface area contributed by atoms with Crippen molar-refractivity contribution in [3.8, 4) is 11.5 Å². The van der Waals surface area contributed by atoms with Gasteiger partial charge in [-0.2, -0.15) is 0 Å². The molecular weight excluding hydrogens is 244 g/mol. The Morgan fingerprint density at radius 3 is 1.89 bits per heavy atom. The van der Waals surface area contributed by atoms with Gasteiger partial charge in [0.1, 0.15) is 11.5 Å². The zero-order chi connectivity index (χ0) is 13.8. The van der Waals surface area contributed by atoms with Crippen LogP contribution in [0.1, 0.15) is 27.1 Å². The molecule has 2 rings (SSSR count). The molecule has 0 atom stereocenters. The van der Waals surface area contributed by atoms with E-state index < -0.39 is 5.78 Å². The van der Waals surface area contributed by atoms with Crippen molar-refractivity contribution in [2.75, 3.05) is 0 Å². The van der Waals surface area contributed by atoms with Gasteiger partial charge in [0.25, 0.3) is 0 Å². The van der Waals surface area contributed by atoms with Crippen molar-refractivity contribution in [3.63, 3.8) is 0 Å². The zero-order valence-corrected chi connectivity index (χ0v) is 10.0. The van der Waals surface area contributed by atoms with E-state index in [1.165, 1.54) is 12.1 Å². The van der Waals surface area contributed by atoms with Gasteiger partial charge in [-0.3, -0.25) is 9.59 Å². The van der Waals surface area contributed by atoms with Gasteiger partial charge in [-0.1, -0.05) is 30.3 Å². The molecule has 0 spiro atoms. The van der Waals surface area contributed by atoms with Crippen molar-refractivity contribution in [3.05, 3.63) is 59.7 Å². The Bertz CT molecular complexity index is 597. The molecule has 0 amide bonds. The number of ketones is 2. The highest BCUT2D eigenvalue weighted by Gasteiger charge is 2.14. The lowest BCUT2D eigenvalue weighted by atomic mass is 10.0. The maximum absolute atomic E-state index is 11.9. The van der Waals surface area contributed by atoms with Crippen molar-refractivity contribution in [2.24, 2.45) is 0 Å². The number of carbonyl (C=O) groups is 2. The van der Waals surface area contributed by atoms with E-state index in [1.807, 2.05) is 0 Å². The van der Waals surface area contributed by atoms with Crippen LogP contribution in [0.25, 0.3) is 0 Å². The lowest BCUT2D eigenvalue weighted by molar-refractivity contribution is 0.0893. The molecule has 0 aliphatic carbocycles. The highest BCUT2D eigenvalue weighted by Crippen LogP contribution is 2.21. The molecule has 2 aromatic rings. The van der Waals surface area contributed by atoms with E-state index >= 15 is 0 Å². The molecule has 19 heavy (non-hydrogen) atoms. The summed E-state index contributed by atoms with van der Waals surface area (Å²) in [6, 6.07) is 12.1. The third-order valence-corrected chi connectivity index (χ3v) is 2.64. The molecule has 0 aliphatic heterocycles. The number of aromatic hydroxyl groups is 2. The van der Waals surface area contributed by atoms with E-state index in [1.54, 1.807) is 30.3 Å². The van der Waals surface area contributed by atoms with E-state index in [0.29, 0.717) is 5.56 Å². The number of benzene rings is 2. The van der Waals surface area contributed by atoms with Crippen LogP contribution in [-0.4, -0.2) is 21.8 Å². The quantitative estimate of drug-likeness (QED) is 0.651. The van der Waals surface area contributed by atoms with Crippen LogP contribution in [0, 0.1) is 0 Å². The number of rotatable bonds is 4. The number of Topliss-reactive ketones (excluding diaryl/α,β-unsaturated/α-hetero) is 2. The standard InChI is InChI=1S/C15H12O4/c16-12-6-11(7-13(17)8-12)15(19)9-14(18)10-4-2-1-3-5-10/h1-8,16-17H,9H2. The number of phenolic OH excluding ortho intramolecular Hbond substituents is 2. The predicted octanol–water partition coefficient (Wildman–Crippen LogP) is 2.55. The van der Waals surface area contributed by atoms with Gasteiger partial charge in [-0.15, -0.1) is 0 Å². The Labute approximate surface area is 109 Å². The minimum absolute atomic E-state index is 0.113. The lowest BCUT2D eigenvalue weighted by Gasteiger charge is -2.03. The Balaban J connectivity index is 2.15.